The highest BCUT2D eigenvalue weighted by Crippen LogP contribution is 2.30. The SMILES string of the molecule is CC(=O)Nc1ccc(C2=N/C(=C\c3ccc(-c4ccccc4Cl)o3)C(=O)O2)cc1. The molecule has 1 amide bonds. The van der Waals surface area contributed by atoms with Crippen LogP contribution in [0, 0.1) is 0 Å². The summed E-state index contributed by atoms with van der Waals surface area (Å²) in [6.07, 6.45) is 1.52. The van der Waals surface area contributed by atoms with Gasteiger partial charge >= 0.3 is 5.97 Å². The third-order valence-corrected chi connectivity index (χ3v) is 4.45. The van der Waals surface area contributed by atoms with Crippen LogP contribution in [0.25, 0.3) is 17.4 Å². The Bertz CT molecular complexity index is 1160. The van der Waals surface area contributed by atoms with Crippen LogP contribution in [0.5, 0.6) is 0 Å². The van der Waals surface area contributed by atoms with E-state index in [2.05, 4.69) is 10.3 Å². The molecule has 4 rings (SSSR count). The number of nitrogens with zero attached hydrogens (tertiary/aromatic N) is 1. The van der Waals surface area contributed by atoms with Crippen molar-refractivity contribution in [3.63, 3.8) is 0 Å². The molecule has 0 radical (unpaired) electrons. The van der Waals surface area contributed by atoms with E-state index in [1.165, 1.54) is 13.0 Å². The van der Waals surface area contributed by atoms with E-state index in [1.807, 2.05) is 18.2 Å². The van der Waals surface area contributed by atoms with Crippen molar-refractivity contribution < 1.29 is 18.7 Å². The summed E-state index contributed by atoms with van der Waals surface area (Å²) in [5.74, 6) is 0.502. The number of ether oxygens (including phenoxy) is 1. The van der Waals surface area contributed by atoms with Gasteiger partial charge in [-0.25, -0.2) is 9.79 Å². The Hall–Kier alpha value is -3.64. The molecule has 0 saturated carbocycles. The lowest BCUT2D eigenvalue weighted by Gasteiger charge is -2.03. The molecule has 0 unspecified atom stereocenters. The molecule has 0 saturated heterocycles. The summed E-state index contributed by atoms with van der Waals surface area (Å²) in [7, 11) is 0. The molecule has 3 aromatic rings. The molecular weight excluding hydrogens is 392 g/mol. The van der Waals surface area contributed by atoms with Crippen molar-refractivity contribution in [1.82, 2.24) is 0 Å². The summed E-state index contributed by atoms with van der Waals surface area (Å²) in [5, 5.41) is 3.25. The zero-order valence-corrected chi connectivity index (χ0v) is 16.1. The summed E-state index contributed by atoms with van der Waals surface area (Å²) in [6, 6.07) is 17.7. The molecule has 1 aromatic heterocycles. The van der Waals surface area contributed by atoms with Gasteiger partial charge in [-0.2, -0.15) is 0 Å². The van der Waals surface area contributed by atoms with Gasteiger partial charge in [0.2, 0.25) is 11.8 Å². The van der Waals surface area contributed by atoms with Crippen LogP contribution in [0.2, 0.25) is 5.02 Å². The first-order valence-electron chi connectivity index (χ1n) is 8.75. The van der Waals surface area contributed by atoms with Crippen molar-refractivity contribution >= 4 is 41.1 Å². The number of hydrogen-bond acceptors (Lipinski definition) is 5. The highest BCUT2D eigenvalue weighted by molar-refractivity contribution is 6.33. The van der Waals surface area contributed by atoms with E-state index in [0.29, 0.717) is 27.8 Å². The second kappa shape index (κ2) is 7.77. The number of rotatable bonds is 4. The molecule has 29 heavy (non-hydrogen) atoms. The Morgan fingerprint density at radius 2 is 1.83 bits per heavy atom. The van der Waals surface area contributed by atoms with Crippen LogP contribution >= 0.6 is 11.6 Å². The fraction of sp³-hybridized carbons (Fsp3) is 0.0455. The minimum Gasteiger partial charge on any atom is -0.457 e. The van der Waals surface area contributed by atoms with Crippen LogP contribution in [0.15, 0.2) is 75.8 Å². The fourth-order valence-corrected chi connectivity index (χ4v) is 3.03. The molecule has 2 heterocycles. The molecule has 6 nitrogen and oxygen atoms in total. The van der Waals surface area contributed by atoms with Crippen LogP contribution in [0.3, 0.4) is 0 Å². The number of esters is 1. The van der Waals surface area contributed by atoms with Crippen molar-refractivity contribution in [1.29, 1.82) is 0 Å². The van der Waals surface area contributed by atoms with E-state index < -0.39 is 5.97 Å². The third-order valence-electron chi connectivity index (χ3n) is 4.12. The molecule has 0 aliphatic carbocycles. The van der Waals surface area contributed by atoms with E-state index in [0.717, 1.165) is 5.56 Å². The van der Waals surface area contributed by atoms with Gasteiger partial charge in [0.25, 0.3) is 0 Å². The van der Waals surface area contributed by atoms with Crippen LogP contribution in [-0.4, -0.2) is 17.8 Å². The van der Waals surface area contributed by atoms with Gasteiger partial charge in [0.1, 0.15) is 11.5 Å². The number of hydrogen-bond donors (Lipinski definition) is 1. The van der Waals surface area contributed by atoms with Crippen LogP contribution in [0.1, 0.15) is 18.2 Å². The molecule has 0 bridgehead atoms. The first-order valence-corrected chi connectivity index (χ1v) is 9.13. The second-order valence-corrected chi connectivity index (χ2v) is 6.68. The molecule has 2 aromatic carbocycles. The van der Waals surface area contributed by atoms with Gasteiger partial charge in [-0.05, 0) is 48.5 Å². The van der Waals surface area contributed by atoms with E-state index in [-0.39, 0.29) is 17.5 Å². The number of amides is 1. The topological polar surface area (TPSA) is 80.9 Å². The van der Waals surface area contributed by atoms with Gasteiger partial charge in [0, 0.05) is 29.8 Å². The average molecular weight is 407 g/mol. The highest BCUT2D eigenvalue weighted by atomic mass is 35.5. The van der Waals surface area contributed by atoms with E-state index in [1.54, 1.807) is 42.5 Å². The Balaban J connectivity index is 1.57. The normalized spacial score (nSPS) is 14.6. The van der Waals surface area contributed by atoms with Crippen LogP contribution in [0.4, 0.5) is 5.69 Å². The monoisotopic (exact) mass is 406 g/mol. The molecular formula is C22H15ClN2O4. The summed E-state index contributed by atoms with van der Waals surface area (Å²) < 4.78 is 11.0. The van der Waals surface area contributed by atoms with Crippen LogP contribution < -0.4 is 5.32 Å². The van der Waals surface area contributed by atoms with Crippen molar-refractivity contribution in [3.8, 4) is 11.3 Å². The first kappa shape index (κ1) is 18.7. The predicted molar refractivity (Wildman–Crippen MR) is 111 cm³/mol. The van der Waals surface area contributed by atoms with E-state index in [9.17, 15) is 9.59 Å². The number of carbonyl (C=O) groups excluding carboxylic acids is 2. The Kier molecular flexibility index (Phi) is 5.01. The Morgan fingerprint density at radius 1 is 1.07 bits per heavy atom. The quantitative estimate of drug-likeness (QED) is 0.493. The Labute approximate surface area is 171 Å². The first-order chi connectivity index (χ1) is 14.0. The number of cyclic esters (lactones) is 1. The summed E-state index contributed by atoms with van der Waals surface area (Å²) >= 11 is 6.19. The smallest absolute Gasteiger partial charge is 0.363 e. The van der Waals surface area contributed by atoms with E-state index >= 15 is 0 Å². The zero-order valence-electron chi connectivity index (χ0n) is 15.3. The fourth-order valence-electron chi connectivity index (χ4n) is 2.80. The number of halogens is 1. The van der Waals surface area contributed by atoms with Gasteiger partial charge in [-0.15, -0.1) is 0 Å². The molecule has 0 fully saturated rings. The number of nitrogens with one attached hydrogen (secondary N) is 1. The Morgan fingerprint density at radius 3 is 2.55 bits per heavy atom. The van der Waals surface area contributed by atoms with E-state index in [4.69, 9.17) is 20.8 Å². The van der Waals surface area contributed by atoms with Gasteiger partial charge in [0.15, 0.2) is 5.70 Å². The molecule has 1 N–H and O–H groups in total. The lowest BCUT2D eigenvalue weighted by atomic mass is 10.2. The maximum Gasteiger partial charge on any atom is 0.363 e. The number of furan rings is 1. The minimum absolute atomic E-state index is 0.131. The van der Waals surface area contributed by atoms with Gasteiger partial charge in [0.05, 0.1) is 5.02 Å². The zero-order chi connectivity index (χ0) is 20.4. The molecule has 144 valence electrons. The standard InChI is InChI=1S/C22H15ClN2O4/c1-13(26)24-15-8-6-14(7-9-15)21-25-19(22(27)29-21)12-16-10-11-20(28-16)17-4-2-3-5-18(17)23/h2-12H,1H3,(H,24,26)/b19-12-. The van der Waals surface area contributed by atoms with Gasteiger partial charge < -0.3 is 14.5 Å². The van der Waals surface area contributed by atoms with Crippen molar-refractivity contribution in [3.05, 3.63) is 82.7 Å². The lowest BCUT2D eigenvalue weighted by molar-refractivity contribution is -0.130. The van der Waals surface area contributed by atoms with Crippen LogP contribution in [-0.2, 0) is 14.3 Å². The predicted octanol–water partition coefficient (Wildman–Crippen LogP) is 4.90. The van der Waals surface area contributed by atoms with Crippen molar-refractivity contribution in [2.75, 3.05) is 5.32 Å². The number of anilines is 1. The molecule has 0 spiro atoms. The maximum absolute atomic E-state index is 12.2. The molecule has 1 aliphatic rings. The largest absolute Gasteiger partial charge is 0.457 e. The second-order valence-electron chi connectivity index (χ2n) is 6.28. The highest BCUT2D eigenvalue weighted by Gasteiger charge is 2.24. The number of aliphatic imine (C=N–C) groups is 1. The van der Waals surface area contributed by atoms with Gasteiger partial charge in [-0.3, -0.25) is 4.79 Å². The lowest BCUT2D eigenvalue weighted by Crippen LogP contribution is -2.07. The third kappa shape index (κ3) is 4.12. The molecule has 7 heteroatoms. The van der Waals surface area contributed by atoms with Gasteiger partial charge in [-0.1, -0.05) is 23.7 Å². The maximum atomic E-state index is 12.2. The molecule has 0 atom stereocenters. The van der Waals surface area contributed by atoms with Crippen molar-refractivity contribution in [2.45, 2.75) is 6.92 Å². The number of carbonyl (C=O) groups is 2. The summed E-state index contributed by atoms with van der Waals surface area (Å²) in [5.41, 5.74) is 2.15. The summed E-state index contributed by atoms with van der Waals surface area (Å²) in [6.45, 7) is 1.43. The van der Waals surface area contributed by atoms with Crippen molar-refractivity contribution in [2.24, 2.45) is 4.99 Å². The average Bonchev–Trinajstić information content (AvgIpc) is 3.30. The molecule has 1 aliphatic heterocycles. The number of benzene rings is 2. The summed E-state index contributed by atoms with van der Waals surface area (Å²) in [4.78, 5) is 27.5. The minimum atomic E-state index is -0.568.